The van der Waals surface area contributed by atoms with Crippen LogP contribution in [0.3, 0.4) is 0 Å². The van der Waals surface area contributed by atoms with Crippen molar-refractivity contribution in [3.63, 3.8) is 0 Å². The molecule has 1 unspecified atom stereocenters. The van der Waals surface area contributed by atoms with E-state index in [1.165, 1.54) is 22.4 Å². The van der Waals surface area contributed by atoms with Crippen LogP contribution in [0, 0.1) is 12.3 Å². The van der Waals surface area contributed by atoms with E-state index in [4.69, 9.17) is 4.55 Å². The van der Waals surface area contributed by atoms with E-state index in [2.05, 4.69) is 51.3 Å². The van der Waals surface area contributed by atoms with E-state index < -0.39 is 10.1 Å². The van der Waals surface area contributed by atoms with Gasteiger partial charge in [0.15, 0.2) is 0 Å². The van der Waals surface area contributed by atoms with Gasteiger partial charge in [-0.2, -0.15) is 8.42 Å². The van der Waals surface area contributed by atoms with Crippen molar-refractivity contribution in [3.05, 3.63) is 53.6 Å². The van der Waals surface area contributed by atoms with Gasteiger partial charge in [0.2, 0.25) is 0 Å². The fourth-order valence-electron chi connectivity index (χ4n) is 3.64. The summed E-state index contributed by atoms with van der Waals surface area (Å²) in [5.41, 5.74) is 4.79. The van der Waals surface area contributed by atoms with E-state index in [0.29, 0.717) is 12.8 Å². The third kappa shape index (κ3) is 4.15. The Hall–Kier alpha value is -1.59. The van der Waals surface area contributed by atoms with Crippen LogP contribution in [-0.2, 0) is 10.1 Å². The smallest absolute Gasteiger partial charge is 0.264 e. The first-order valence-corrected chi connectivity index (χ1v) is 10.4. The highest BCUT2D eigenvalue weighted by molar-refractivity contribution is 7.85. The molecule has 1 heterocycles. The molecule has 2 rings (SSSR count). The zero-order chi connectivity index (χ0) is 18.8. The van der Waals surface area contributed by atoms with E-state index in [1.807, 2.05) is 18.2 Å². The molecule has 0 aromatic heterocycles. The second-order valence-electron chi connectivity index (χ2n) is 7.37. The maximum Gasteiger partial charge on any atom is 0.264 e. The van der Waals surface area contributed by atoms with Crippen molar-refractivity contribution in [2.24, 2.45) is 5.41 Å². The summed E-state index contributed by atoms with van der Waals surface area (Å²) in [5, 5.41) is 0. The third-order valence-electron chi connectivity index (χ3n) is 5.40. The van der Waals surface area contributed by atoms with Crippen LogP contribution in [-0.4, -0.2) is 36.2 Å². The van der Waals surface area contributed by atoms with E-state index in [0.717, 1.165) is 6.54 Å². The molecule has 0 spiro atoms. The van der Waals surface area contributed by atoms with E-state index >= 15 is 0 Å². The SMILES string of the molecule is C=CC1=C(c2ccccc2C)N(CCCCS(=O)(=O)O)C(C)C1(C)C. The van der Waals surface area contributed by atoms with Gasteiger partial charge in [0, 0.05) is 29.3 Å². The zero-order valence-electron chi connectivity index (χ0n) is 15.6. The van der Waals surface area contributed by atoms with Crippen molar-refractivity contribution in [2.75, 3.05) is 12.3 Å². The topological polar surface area (TPSA) is 57.6 Å². The number of rotatable bonds is 7. The average molecular weight is 364 g/mol. The predicted molar refractivity (Wildman–Crippen MR) is 104 cm³/mol. The molecule has 138 valence electrons. The molecule has 0 bridgehead atoms. The monoisotopic (exact) mass is 363 g/mol. The lowest BCUT2D eigenvalue weighted by Gasteiger charge is -2.34. The minimum absolute atomic E-state index is 0.0393. The first-order valence-electron chi connectivity index (χ1n) is 8.74. The summed E-state index contributed by atoms with van der Waals surface area (Å²) in [5.74, 6) is -0.184. The highest BCUT2D eigenvalue weighted by Gasteiger charge is 2.42. The van der Waals surface area contributed by atoms with Crippen LogP contribution in [0.1, 0.15) is 44.7 Å². The van der Waals surface area contributed by atoms with Crippen LogP contribution in [0.25, 0.3) is 5.70 Å². The summed E-state index contributed by atoms with van der Waals surface area (Å²) < 4.78 is 30.8. The highest BCUT2D eigenvalue weighted by Crippen LogP contribution is 2.48. The summed E-state index contributed by atoms with van der Waals surface area (Å²) in [4.78, 5) is 2.36. The second-order valence-corrected chi connectivity index (χ2v) is 8.94. The van der Waals surface area contributed by atoms with E-state index in [-0.39, 0.29) is 17.2 Å². The maximum absolute atomic E-state index is 10.9. The van der Waals surface area contributed by atoms with Crippen molar-refractivity contribution in [1.29, 1.82) is 0 Å². The first-order chi connectivity index (χ1) is 11.6. The number of unbranched alkanes of at least 4 members (excludes halogenated alkanes) is 1. The van der Waals surface area contributed by atoms with Gasteiger partial charge in [-0.05, 0) is 37.8 Å². The van der Waals surface area contributed by atoms with Crippen LogP contribution in [0.15, 0.2) is 42.5 Å². The molecule has 1 aliphatic heterocycles. The molecule has 25 heavy (non-hydrogen) atoms. The van der Waals surface area contributed by atoms with Gasteiger partial charge < -0.3 is 4.90 Å². The Labute approximate surface area is 152 Å². The van der Waals surface area contributed by atoms with Crippen molar-refractivity contribution < 1.29 is 13.0 Å². The van der Waals surface area contributed by atoms with E-state index in [1.54, 1.807) is 0 Å². The average Bonchev–Trinajstić information content (AvgIpc) is 2.70. The lowest BCUT2D eigenvalue weighted by molar-refractivity contribution is 0.222. The predicted octanol–water partition coefficient (Wildman–Crippen LogP) is 4.29. The molecule has 0 fully saturated rings. The summed E-state index contributed by atoms with van der Waals surface area (Å²) in [6.45, 7) is 13.6. The molecule has 1 atom stereocenters. The van der Waals surface area contributed by atoms with Gasteiger partial charge in [0.1, 0.15) is 0 Å². The number of hydrogen-bond acceptors (Lipinski definition) is 3. The largest absolute Gasteiger partial charge is 0.367 e. The lowest BCUT2D eigenvalue weighted by Crippen LogP contribution is -2.36. The van der Waals surface area contributed by atoms with Crippen LogP contribution in [0.2, 0.25) is 0 Å². The molecular weight excluding hydrogens is 334 g/mol. The Bertz CT molecular complexity index is 778. The molecule has 0 radical (unpaired) electrons. The van der Waals surface area contributed by atoms with Crippen LogP contribution < -0.4 is 0 Å². The Morgan fingerprint density at radius 3 is 2.48 bits per heavy atom. The molecule has 0 saturated heterocycles. The van der Waals surface area contributed by atoms with Crippen LogP contribution in [0.4, 0.5) is 0 Å². The Balaban J connectivity index is 2.35. The molecule has 0 aliphatic carbocycles. The fraction of sp³-hybridized carbons (Fsp3) is 0.500. The molecule has 1 N–H and O–H groups in total. The van der Waals surface area contributed by atoms with Crippen molar-refractivity contribution in [1.82, 2.24) is 4.90 Å². The minimum Gasteiger partial charge on any atom is -0.367 e. The molecule has 5 heteroatoms. The van der Waals surface area contributed by atoms with Crippen LogP contribution >= 0.6 is 0 Å². The maximum atomic E-state index is 10.9. The van der Waals surface area contributed by atoms with Gasteiger partial charge in [0.25, 0.3) is 10.1 Å². The van der Waals surface area contributed by atoms with Crippen LogP contribution in [0.5, 0.6) is 0 Å². The normalized spacial score (nSPS) is 20.2. The fourth-order valence-corrected chi connectivity index (χ4v) is 4.21. The Kier molecular flexibility index (Phi) is 5.79. The number of nitrogens with zero attached hydrogens (tertiary/aromatic N) is 1. The van der Waals surface area contributed by atoms with Crippen molar-refractivity contribution >= 4 is 15.8 Å². The second kappa shape index (κ2) is 7.34. The number of hydrogen-bond donors (Lipinski definition) is 1. The summed E-state index contributed by atoms with van der Waals surface area (Å²) in [6, 6.07) is 8.60. The van der Waals surface area contributed by atoms with Gasteiger partial charge >= 0.3 is 0 Å². The van der Waals surface area contributed by atoms with Gasteiger partial charge in [-0.25, -0.2) is 0 Å². The molecule has 0 amide bonds. The van der Waals surface area contributed by atoms with Gasteiger partial charge in [-0.1, -0.05) is 50.8 Å². The Morgan fingerprint density at radius 1 is 1.28 bits per heavy atom. The molecular formula is C20H29NO3S. The highest BCUT2D eigenvalue weighted by atomic mass is 32.2. The lowest BCUT2D eigenvalue weighted by atomic mass is 9.80. The zero-order valence-corrected chi connectivity index (χ0v) is 16.4. The minimum atomic E-state index is -3.89. The number of allylic oxidation sites excluding steroid dienone is 1. The van der Waals surface area contributed by atoms with Crippen molar-refractivity contribution in [2.45, 2.75) is 46.6 Å². The van der Waals surface area contributed by atoms with Gasteiger partial charge in [0.05, 0.1) is 5.75 Å². The molecule has 1 aromatic carbocycles. The number of aryl methyl sites for hydroxylation is 1. The molecule has 4 nitrogen and oxygen atoms in total. The molecule has 0 saturated carbocycles. The standard InChI is InChI=1S/C20H29NO3S/c1-6-18-19(17-12-8-7-11-15(17)2)21(16(3)20(18,4)5)13-9-10-14-25(22,23)24/h6-8,11-12,16H,1,9-10,13-14H2,2-5H3,(H,22,23,24). The first kappa shape index (κ1) is 19.7. The molecule has 1 aliphatic rings. The summed E-state index contributed by atoms with van der Waals surface area (Å²) in [7, 11) is -3.89. The van der Waals surface area contributed by atoms with Gasteiger partial charge in [-0.15, -0.1) is 0 Å². The van der Waals surface area contributed by atoms with E-state index in [9.17, 15) is 8.42 Å². The molecule has 1 aromatic rings. The quantitative estimate of drug-likeness (QED) is 0.580. The Morgan fingerprint density at radius 2 is 1.92 bits per heavy atom. The van der Waals surface area contributed by atoms with Crippen molar-refractivity contribution in [3.8, 4) is 0 Å². The third-order valence-corrected chi connectivity index (χ3v) is 6.21. The number of benzene rings is 1. The summed E-state index contributed by atoms with van der Waals surface area (Å²) in [6.07, 6.45) is 3.11. The van der Waals surface area contributed by atoms with Gasteiger partial charge in [-0.3, -0.25) is 4.55 Å². The summed E-state index contributed by atoms with van der Waals surface area (Å²) >= 11 is 0.